The normalized spacial score (nSPS) is 15.0. The van der Waals surface area contributed by atoms with E-state index in [0.29, 0.717) is 0 Å². The number of aromatic nitrogens is 2. The van der Waals surface area contributed by atoms with Crippen molar-refractivity contribution in [3.63, 3.8) is 0 Å². The molecule has 0 saturated carbocycles. The van der Waals surface area contributed by atoms with E-state index >= 15 is 0 Å². The van der Waals surface area contributed by atoms with Crippen molar-refractivity contribution in [2.45, 2.75) is 73.8 Å². The first-order valence-electron chi connectivity index (χ1n) is 13.2. The summed E-state index contributed by atoms with van der Waals surface area (Å²) >= 11 is 0. The van der Waals surface area contributed by atoms with Crippen LogP contribution in [0.3, 0.4) is 0 Å². The number of hydrogen-bond donors (Lipinski definition) is 0. The molecule has 3 aromatic rings. The van der Waals surface area contributed by atoms with Crippen LogP contribution in [0.1, 0.15) is 65.3 Å². The van der Waals surface area contributed by atoms with Crippen LogP contribution in [0.15, 0.2) is 48.5 Å². The van der Waals surface area contributed by atoms with Gasteiger partial charge in [0, 0.05) is 23.8 Å². The molecule has 1 saturated heterocycles. The Morgan fingerprint density at radius 1 is 0.914 bits per heavy atom. The quantitative estimate of drug-likeness (QED) is 0.314. The zero-order valence-electron chi connectivity index (χ0n) is 23.1. The van der Waals surface area contributed by atoms with E-state index in [1.54, 1.807) is 7.11 Å². The first-order chi connectivity index (χ1) is 17.1. The van der Waals surface area contributed by atoms with Gasteiger partial charge in [-0.15, -0.1) is 0 Å². The fraction of sp³-hybridized carbons (Fsp3) is 0.500. The van der Waals surface area contributed by atoms with Gasteiger partial charge in [-0.3, -0.25) is 0 Å². The maximum atomic E-state index is 5.97. The second-order valence-corrected chi connectivity index (χ2v) is 8.41. The maximum absolute atomic E-state index is 5.97. The molecule has 2 heterocycles. The number of likely N-dealkylation sites (tertiary alicyclic amines) is 1. The summed E-state index contributed by atoms with van der Waals surface area (Å²) < 4.78 is 13.3. The Hall–Kier alpha value is -2.79. The predicted octanol–water partition coefficient (Wildman–Crippen LogP) is 7.47. The van der Waals surface area contributed by atoms with Crippen molar-refractivity contribution in [2.75, 3.05) is 26.8 Å². The monoisotopic (exact) mass is 479 g/mol. The van der Waals surface area contributed by atoms with E-state index < -0.39 is 0 Å². The zero-order chi connectivity index (χ0) is 25.8. The number of rotatable bonds is 8. The van der Waals surface area contributed by atoms with Crippen LogP contribution in [0.4, 0.5) is 0 Å². The zero-order valence-corrected chi connectivity index (χ0v) is 23.1. The van der Waals surface area contributed by atoms with Gasteiger partial charge in [0.25, 0.3) is 0 Å². The Kier molecular flexibility index (Phi) is 11.8. The fourth-order valence-electron chi connectivity index (χ4n) is 4.54. The summed E-state index contributed by atoms with van der Waals surface area (Å²) in [6.45, 7) is 17.6. The van der Waals surface area contributed by atoms with Gasteiger partial charge in [0.2, 0.25) is 0 Å². The highest BCUT2D eigenvalue weighted by atomic mass is 16.5. The van der Waals surface area contributed by atoms with Crippen LogP contribution in [-0.4, -0.2) is 47.5 Å². The number of benzene rings is 2. The van der Waals surface area contributed by atoms with E-state index in [4.69, 9.17) is 14.6 Å². The van der Waals surface area contributed by atoms with Gasteiger partial charge in [0.15, 0.2) is 0 Å². The molecule has 0 amide bonds. The third-order valence-corrected chi connectivity index (χ3v) is 6.30. The number of aryl methyl sites for hydroxylation is 1. The predicted molar refractivity (Wildman–Crippen MR) is 148 cm³/mol. The average Bonchev–Trinajstić information content (AvgIpc) is 3.46. The van der Waals surface area contributed by atoms with Crippen molar-refractivity contribution in [1.29, 1.82) is 0 Å². The highest BCUT2D eigenvalue weighted by Gasteiger charge is 2.19. The minimum Gasteiger partial charge on any atom is -0.497 e. The summed E-state index contributed by atoms with van der Waals surface area (Å²) in [6, 6.07) is 17.1. The molecule has 5 nitrogen and oxygen atoms in total. The lowest BCUT2D eigenvalue weighted by molar-refractivity contribution is 0.230. The molecule has 1 aliphatic heterocycles. The third-order valence-electron chi connectivity index (χ3n) is 6.30. The molecule has 1 atom stereocenters. The van der Waals surface area contributed by atoms with Crippen molar-refractivity contribution in [2.24, 2.45) is 0 Å². The van der Waals surface area contributed by atoms with Gasteiger partial charge in [0.1, 0.15) is 11.5 Å². The molecule has 192 valence electrons. The van der Waals surface area contributed by atoms with E-state index in [0.717, 1.165) is 59.8 Å². The largest absolute Gasteiger partial charge is 0.497 e. The van der Waals surface area contributed by atoms with Crippen LogP contribution in [-0.2, 0) is 0 Å². The average molecular weight is 480 g/mol. The minimum absolute atomic E-state index is 0.725. The molecule has 4 rings (SSSR count). The molecule has 1 unspecified atom stereocenters. The van der Waals surface area contributed by atoms with Crippen molar-refractivity contribution >= 4 is 0 Å². The summed E-state index contributed by atoms with van der Waals surface area (Å²) in [6.07, 6.45) is 3.72. The van der Waals surface area contributed by atoms with E-state index in [-0.39, 0.29) is 0 Å². The third kappa shape index (κ3) is 7.35. The van der Waals surface area contributed by atoms with Crippen molar-refractivity contribution < 1.29 is 9.47 Å². The van der Waals surface area contributed by atoms with E-state index in [1.165, 1.54) is 24.9 Å². The molecular weight excluding hydrogens is 434 g/mol. The Balaban J connectivity index is 0.00000103. The summed E-state index contributed by atoms with van der Waals surface area (Å²) in [7, 11) is 1.69. The van der Waals surface area contributed by atoms with E-state index in [1.807, 2.05) is 56.6 Å². The second-order valence-electron chi connectivity index (χ2n) is 8.41. The standard InChI is InChI=1S/C26H33N3O2.2C2H6/c1-19-7-5-16-28(19)17-6-18-31-25-14-10-23(11-15-25)29-21(3)26(20(2)27-29)22-8-12-24(30-4)13-9-22;2*1-2/h8-15,19H,5-7,16-18H2,1-4H3;2*1-2H3. The maximum Gasteiger partial charge on any atom is 0.119 e. The molecule has 0 spiro atoms. The fourth-order valence-corrected chi connectivity index (χ4v) is 4.54. The molecule has 2 aromatic carbocycles. The number of methoxy groups -OCH3 is 1. The van der Waals surface area contributed by atoms with Crippen LogP contribution in [0.2, 0.25) is 0 Å². The summed E-state index contributed by atoms with van der Waals surface area (Å²) in [5.74, 6) is 1.77. The Morgan fingerprint density at radius 2 is 1.54 bits per heavy atom. The van der Waals surface area contributed by atoms with Crippen LogP contribution >= 0.6 is 0 Å². The first-order valence-corrected chi connectivity index (χ1v) is 13.2. The van der Waals surface area contributed by atoms with E-state index in [9.17, 15) is 0 Å². The molecule has 0 aliphatic carbocycles. The summed E-state index contributed by atoms with van der Waals surface area (Å²) in [5.41, 5.74) is 5.49. The highest BCUT2D eigenvalue weighted by molar-refractivity contribution is 5.70. The van der Waals surface area contributed by atoms with Gasteiger partial charge in [0.05, 0.1) is 25.1 Å². The van der Waals surface area contributed by atoms with E-state index in [2.05, 4.69) is 49.9 Å². The lowest BCUT2D eigenvalue weighted by Gasteiger charge is -2.20. The topological polar surface area (TPSA) is 39.5 Å². The van der Waals surface area contributed by atoms with Crippen molar-refractivity contribution in [3.8, 4) is 28.3 Å². The summed E-state index contributed by atoms with van der Waals surface area (Å²) in [4.78, 5) is 2.57. The number of hydrogen-bond acceptors (Lipinski definition) is 4. The molecule has 1 aromatic heterocycles. The Labute approximate surface area is 213 Å². The second kappa shape index (κ2) is 14.6. The van der Waals surface area contributed by atoms with Crippen molar-refractivity contribution in [1.82, 2.24) is 14.7 Å². The van der Waals surface area contributed by atoms with Gasteiger partial charge >= 0.3 is 0 Å². The van der Waals surface area contributed by atoms with Crippen LogP contribution in [0.5, 0.6) is 11.5 Å². The highest BCUT2D eigenvalue weighted by Crippen LogP contribution is 2.30. The SMILES string of the molecule is CC.CC.COc1ccc(-c2c(C)nn(-c3ccc(OCCCN4CCCC4C)cc3)c2C)cc1. The lowest BCUT2D eigenvalue weighted by atomic mass is 10.0. The van der Waals surface area contributed by atoms with Gasteiger partial charge < -0.3 is 14.4 Å². The van der Waals surface area contributed by atoms with Crippen molar-refractivity contribution in [3.05, 3.63) is 59.9 Å². The molecule has 35 heavy (non-hydrogen) atoms. The molecule has 5 heteroatoms. The molecule has 0 bridgehead atoms. The van der Waals surface area contributed by atoms with Crippen LogP contribution < -0.4 is 9.47 Å². The molecular formula is C30H45N3O2. The molecule has 0 radical (unpaired) electrons. The Morgan fingerprint density at radius 3 is 2.11 bits per heavy atom. The Bertz CT molecular complexity index is 994. The first kappa shape index (κ1) is 28.4. The molecule has 1 fully saturated rings. The van der Waals surface area contributed by atoms with Gasteiger partial charge in [-0.05, 0) is 88.5 Å². The number of nitrogens with zero attached hydrogens (tertiary/aromatic N) is 3. The van der Waals surface area contributed by atoms with Gasteiger partial charge in [-0.25, -0.2) is 4.68 Å². The number of ether oxygens (including phenoxy) is 2. The van der Waals surface area contributed by atoms with Crippen LogP contribution in [0.25, 0.3) is 16.8 Å². The van der Waals surface area contributed by atoms with Crippen LogP contribution in [0, 0.1) is 13.8 Å². The van der Waals surface area contributed by atoms with Gasteiger partial charge in [-0.2, -0.15) is 5.10 Å². The smallest absolute Gasteiger partial charge is 0.119 e. The molecule has 1 aliphatic rings. The summed E-state index contributed by atoms with van der Waals surface area (Å²) in [5, 5.41) is 4.79. The van der Waals surface area contributed by atoms with Gasteiger partial charge in [-0.1, -0.05) is 39.8 Å². The lowest BCUT2D eigenvalue weighted by Crippen LogP contribution is -2.28. The molecule has 0 N–H and O–H groups in total. The minimum atomic E-state index is 0.725.